The Morgan fingerprint density at radius 1 is 1.00 bits per heavy atom. The van der Waals surface area contributed by atoms with Crippen molar-refractivity contribution in [3.63, 3.8) is 0 Å². The molecule has 0 aliphatic rings. The van der Waals surface area contributed by atoms with Gasteiger partial charge in [0.2, 0.25) is 0 Å². The normalized spacial score (nSPS) is 10.8. The number of carbonyl (C=O) groups is 1. The fourth-order valence-electron chi connectivity index (χ4n) is 3.52. The van der Waals surface area contributed by atoms with Crippen LogP contribution < -0.4 is 10.1 Å². The molecule has 1 N–H and O–H groups in total. The Hall–Kier alpha value is -3.60. The molecule has 0 radical (unpaired) electrons. The van der Waals surface area contributed by atoms with E-state index >= 15 is 0 Å². The number of imidazole rings is 1. The lowest BCUT2D eigenvalue weighted by atomic mass is 10.1. The minimum absolute atomic E-state index is 0.00369. The molecule has 1 heterocycles. The van der Waals surface area contributed by atoms with Crippen LogP contribution in [0.1, 0.15) is 17.0 Å². The molecule has 3 aromatic carbocycles. The molecule has 0 atom stereocenters. The molecule has 0 fully saturated rings. The highest BCUT2D eigenvalue weighted by Gasteiger charge is 2.12. The zero-order chi connectivity index (χ0) is 20.8. The van der Waals surface area contributed by atoms with Crippen molar-refractivity contribution < 1.29 is 9.53 Å². The summed E-state index contributed by atoms with van der Waals surface area (Å²) in [5, 5.41) is 2.93. The second-order valence-electron chi connectivity index (χ2n) is 7.29. The molecule has 30 heavy (non-hydrogen) atoms. The number of rotatable bonds is 8. The van der Waals surface area contributed by atoms with E-state index in [1.807, 2.05) is 48.5 Å². The van der Waals surface area contributed by atoms with Gasteiger partial charge in [-0.05, 0) is 36.8 Å². The van der Waals surface area contributed by atoms with Crippen molar-refractivity contribution in [2.75, 3.05) is 13.2 Å². The minimum atomic E-state index is -0.139. The first-order chi connectivity index (χ1) is 14.7. The fraction of sp³-hybridized carbons (Fsp3) is 0.200. The van der Waals surface area contributed by atoms with Crippen LogP contribution >= 0.6 is 0 Å². The zero-order valence-electron chi connectivity index (χ0n) is 17.0. The summed E-state index contributed by atoms with van der Waals surface area (Å²) in [6.45, 7) is 3.36. The van der Waals surface area contributed by atoms with Crippen LogP contribution in [0.25, 0.3) is 11.0 Å². The molecule has 5 nitrogen and oxygen atoms in total. The van der Waals surface area contributed by atoms with Crippen LogP contribution in [0.2, 0.25) is 0 Å². The van der Waals surface area contributed by atoms with Crippen molar-refractivity contribution in [1.82, 2.24) is 14.9 Å². The van der Waals surface area contributed by atoms with E-state index in [4.69, 9.17) is 9.72 Å². The fourth-order valence-corrected chi connectivity index (χ4v) is 3.52. The van der Waals surface area contributed by atoms with Crippen molar-refractivity contribution in [2.24, 2.45) is 0 Å². The molecular weight excluding hydrogens is 374 g/mol. The predicted molar refractivity (Wildman–Crippen MR) is 119 cm³/mol. The number of hydrogen-bond donors (Lipinski definition) is 1. The van der Waals surface area contributed by atoms with Gasteiger partial charge in [0.05, 0.1) is 11.0 Å². The molecule has 0 spiro atoms. The first kappa shape index (κ1) is 19.7. The molecule has 0 saturated carbocycles. The number of carbonyl (C=O) groups excluding carboxylic acids is 1. The molecule has 1 amide bonds. The van der Waals surface area contributed by atoms with Gasteiger partial charge in [-0.3, -0.25) is 4.79 Å². The average Bonchev–Trinajstić information content (AvgIpc) is 3.10. The van der Waals surface area contributed by atoms with Crippen LogP contribution in [0.4, 0.5) is 0 Å². The average molecular weight is 399 g/mol. The van der Waals surface area contributed by atoms with E-state index in [0.29, 0.717) is 18.7 Å². The number of nitrogens with one attached hydrogen (secondary N) is 1. The molecular formula is C25H25N3O2. The van der Waals surface area contributed by atoms with Gasteiger partial charge in [0.1, 0.15) is 11.6 Å². The van der Waals surface area contributed by atoms with Crippen LogP contribution in [-0.4, -0.2) is 28.6 Å². The molecule has 0 unspecified atom stereocenters. The number of fused-ring (bicyclic) bond motifs is 1. The number of benzene rings is 3. The highest BCUT2D eigenvalue weighted by atomic mass is 16.5. The lowest BCUT2D eigenvalue weighted by molar-refractivity contribution is -0.123. The maximum absolute atomic E-state index is 12.1. The Labute approximate surface area is 176 Å². The Morgan fingerprint density at radius 2 is 1.80 bits per heavy atom. The number of aryl methyl sites for hydroxylation is 1. The van der Waals surface area contributed by atoms with E-state index in [2.05, 4.69) is 47.1 Å². The van der Waals surface area contributed by atoms with E-state index in [0.717, 1.165) is 23.4 Å². The van der Waals surface area contributed by atoms with Gasteiger partial charge < -0.3 is 14.6 Å². The number of para-hydroxylation sites is 3. The third kappa shape index (κ3) is 4.87. The van der Waals surface area contributed by atoms with Crippen LogP contribution in [-0.2, 0) is 17.8 Å². The largest absolute Gasteiger partial charge is 0.484 e. The highest BCUT2D eigenvalue weighted by Crippen LogP contribution is 2.19. The summed E-state index contributed by atoms with van der Waals surface area (Å²) in [6, 6.07) is 26.0. The molecule has 0 saturated heterocycles. The standard InChI is InChI=1S/C25H25N3O2/c1-19-8-7-9-20(16-19)17-28-23-13-6-5-12-22(23)27-24(28)14-15-26-25(29)18-30-21-10-3-2-4-11-21/h2-13,16H,14-15,17-18H2,1H3,(H,26,29). The second-order valence-corrected chi connectivity index (χ2v) is 7.29. The van der Waals surface area contributed by atoms with E-state index in [1.165, 1.54) is 11.1 Å². The zero-order valence-corrected chi connectivity index (χ0v) is 17.0. The number of aromatic nitrogens is 2. The van der Waals surface area contributed by atoms with Crippen LogP contribution in [0.5, 0.6) is 5.75 Å². The molecule has 4 rings (SSSR count). The number of hydrogen-bond acceptors (Lipinski definition) is 3. The van der Waals surface area contributed by atoms with Gasteiger partial charge in [-0.2, -0.15) is 0 Å². The summed E-state index contributed by atoms with van der Waals surface area (Å²) < 4.78 is 7.73. The molecule has 4 aromatic rings. The molecule has 5 heteroatoms. The van der Waals surface area contributed by atoms with Crippen molar-refractivity contribution in [3.8, 4) is 5.75 Å². The monoisotopic (exact) mass is 399 g/mol. The van der Waals surface area contributed by atoms with Crippen molar-refractivity contribution >= 4 is 16.9 Å². The van der Waals surface area contributed by atoms with Gasteiger partial charge in [-0.1, -0.05) is 60.2 Å². The summed E-state index contributed by atoms with van der Waals surface area (Å²) >= 11 is 0. The lowest BCUT2D eigenvalue weighted by Gasteiger charge is -2.11. The van der Waals surface area contributed by atoms with Crippen molar-refractivity contribution in [2.45, 2.75) is 19.9 Å². The van der Waals surface area contributed by atoms with Crippen LogP contribution in [0.3, 0.4) is 0 Å². The van der Waals surface area contributed by atoms with Gasteiger partial charge in [0.25, 0.3) is 5.91 Å². The topological polar surface area (TPSA) is 56.2 Å². The van der Waals surface area contributed by atoms with Crippen LogP contribution in [0.15, 0.2) is 78.9 Å². The Kier molecular flexibility index (Phi) is 6.09. The van der Waals surface area contributed by atoms with Crippen molar-refractivity contribution in [1.29, 1.82) is 0 Å². The van der Waals surface area contributed by atoms with Crippen molar-refractivity contribution in [3.05, 3.63) is 95.8 Å². The van der Waals surface area contributed by atoms with Gasteiger partial charge in [-0.15, -0.1) is 0 Å². The van der Waals surface area contributed by atoms with E-state index < -0.39 is 0 Å². The summed E-state index contributed by atoms with van der Waals surface area (Å²) in [6.07, 6.45) is 0.650. The smallest absolute Gasteiger partial charge is 0.257 e. The molecule has 0 bridgehead atoms. The Balaban J connectivity index is 1.41. The van der Waals surface area contributed by atoms with E-state index in [-0.39, 0.29) is 12.5 Å². The molecule has 152 valence electrons. The molecule has 1 aromatic heterocycles. The number of ether oxygens (including phenoxy) is 1. The highest BCUT2D eigenvalue weighted by molar-refractivity contribution is 5.78. The first-order valence-corrected chi connectivity index (χ1v) is 10.1. The quantitative estimate of drug-likeness (QED) is 0.485. The first-order valence-electron chi connectivity index (χ1n) is 10.1. The summed E-state index contributed by atoms with van der Waals surface area (Å²) in [5.74, 6) is 1.51. The number of amides is 1. The van der Waals surface area contributed by atoms with E-state index in [1.54, 1.807) is 0 Å². The molecule has 0 aliphatic carbocycles. The van der Waals surface area contributed by atoms with E-state index in [9.17, 15) is 4.79 Å². The summed E-state index contributed by atoms with van der Waals surface area (Å²) in [5.41, 5.74) is 4.55. The SMILES string of the molecule is Cc1cccc(Cn2c(CCNC(=O)COc3ccccc3)nc3ccccc32)c1. The second kappa shape index (κ2) is 9.27. The van der Waals surface area contributed by atoms with Gasteiger partial charge in [0, 0.05) is 19.5 Å². The maximum atomic E-state index is 12.1. The molecule has 0 aliphatic heterocycles. The third-order valence-electron chi connectivity index (χ3n) is 4.94. The number of nitrogens with zero attached hydrogens (tertiary/aromatic N) is 2. The summed E-state index contributed by atoms with van der Waals surface area (Å²) in [7, 11) is 0. The predicted octanol–water partition coefficient (Wildman–Crippen LogP) is 4.13. The van der Waals surface area contributed by atoms with Gasteiger partial charge in [0.15, 0.2) is 6.61 Å². The Morgan fingerprint density at radius 3 is 2.63 bits per heavy atom. The lowest BCUT2D eigenvalue weighted by Crippen LogP contribution is -2.31. The van der Waals surface area contributed by atoms with Gasteiger partial charge in [-0.25, -0.2) is 4.98 Å². The minimum Gasteiger partial charge on any atom is -0.484 e. The van der Waals surface area contributed by atoms with Gasteiger partial charge >= 0.3 is 0 Å². The summed E-state index contributed by atoms with van der Waals surface area (Å²) in [4.78, 5) is 16.9. The maximum Gasteiger partial charge on any atom is 0.257 e. The Bertz CT molecular complexity index is 1140. The van der Waals surface area contributed by atoms with Crippen LogP contribution in [0, 0.1) is 6.92 Å². The third-order valence-corrected chi connectivity index (χ3v) is 4.94.